The van der Waals surface area contributed by atoms with Crippen LogP contribution in [0, 0.1) is 11.6 Å². The number of aromatic nitrogens is 2. The summed E-state index contributed by atoms with van der Waals surface area (Å²) in [4.78, 5) is 0. The Morgan fingerprint density at radius 3 is 2.07 bits per heavy atom. The van der Waals surface area contributed by atoms with Crippen LogP contribution in [0.15, 0.2) is 48.5 Å². The molecule has 0 spiro atoms. The number of benzene rings is 2. The molecule has 6 nitrogen and oxygen atoms in total. The summed E-state index contributed by atoms with van der Waals surface area (Å²) >= 11 is 1.21. The Bertz CT molecular complexity index is 973. The minimum absolute atomic E-state index is 0.174. The van der Waals surface area contributed by atoms with E-state index in [1.807, 2.05) is 0 Å². The van der Waals surface area contributed by atoms with E-state index in [4.69, 9.17) is 9.05 Å². The second-order valence-electron chi connectivity index (χ2n) is 5.89. The quantitative estimate of drug-likeness (QED) is 0.421. The van der Waals surface area contributed by atoms with Gasteiger partial charge in [0, 0.05) is 5.56 Å². The third-order valence-corrected chi connectivity index (χ3v) is 7.10. The first-order valence-electron chi connectivity index (χ1n) is 8.95. The van der Waals surface area contributed by atoms with Crippen molar-refractivity contribution in [1.29, 1.82) is 0 Å². The SMILES string of the molecule is CCOP(=O)(OCC)C(Nc1nnc(-c2ccc(F)cc2)s1)c1ccc(F)cc1. The van der Waals surface area contributed by atoms with E-state index in [1.54, 1.807) is 26.0 Å². The predicted octanol–water partition coefficient (Wildman–Crippen LogP) is 5.86. The molecule has 1 aromatic heterocycles. The van der Waals surface area contributed by atoms with Crippen molar-refractivity contribution in [1.82, 2.24) is 10.2 Å². The van der Waals surface area contributed by atoms with Gasteiger partial charge in [-0.05, 0) is 55.8 Å². The van der Waals surface area contributed by atoms with Crippen LogP contribution in [0.2, 0.25) is 0 Å². The summed E-state index contributed by atoms with van der Waals surface area (Å²) in [5, 5.41) is 12.2. The number of anilines is 1. The molecule has 1 heterocycles. The highest BCUT2D eigenvalue weighted by molar-refractivity contribution is 7.54. The molecule has 0 saturated carbocycles. The van der Waals surface area contributed by atoms with E-state index in [0.29, 0.717) is 21.3 Å². The highest BCUT2D eigenvalue weighted by atomic mass is 32.1. The second-order valence-corrected chi connectivity index (χ2v) is 8.98. The van der Waals surface area contributed by atoms with Crippen LogP contribution in [-0.2, 0) is 13.6 Å². The van der Waals surface area contributed by atoms with E-state index in [1.165, 1.54) is 47.7 Å². The van der Waals surface area contributed by atoms with Gasteiger partial charge in [-0.3, -0.25) is 4.57 Å². The first-order chi connectivity index (χ1) is 13.9. The minimum Gasteiger partial charge on any atom is -0.342 e. The van der Waals surface area contributed by atoms with Crippen LogP contribution in [0.4, 0.5) is 13.9 Å². The first-order valence-corrected chi connectivity index (χ1v) is 11.4. The van der Waals surface area contributed by atoms with Gasteiger partial charge in [-0.25, -0.2) is 8.78 Å². The Labute approximate surface area is 171 Å². The Kier molecular flexibility index (Phi) is 7.08. The average Bonchev–Trinajstić information content (AvgIpc) is 3.17. The fourth-order valence-electron chi connectivity index (χ4n) is 2.64. The standard InChI is InChI=1S/C19H20F2N3O3PS/c1-3-26-28(25,27-4-2)17(13-5-9-15(20)10-6-13)22-19-24-23-18(29-19)14-7-11-16(21)12-8-14/h5-12,17H,3-4H2,1-2H3,(H,22,24). The summed E-state index contributed by atoms with van der Waals surface area (Å²) in [6, 6.07) is 11.4. The molecule has 0 saturated heterocycles. The molecule has 10 heteroatoms. The highest BCUT2D eigenvalue weighted by Crippen LogP contribution is 2.60. The minimum atomic E-state index is -3.65. The van der Waals surface area contributed by atoms with Crippen molar-refractivity contribution in [3.05, 3.63) is 65.7 Å². The van der Waals surface area contributed by atoms with Gasteiger partial charge in [0.15, 0.2) is 5.78 Å². The molecular weight excluding hydrogens is 419 g/mol. The molecule has 1 unspecified atom stereocenters. The molecule has 0 radical (unpaired) electrons. The van der Waals surface area contributed by atoms with Crippen LogP contribution >= 0.6 is 18.9 Å². The number of hydrogen-bond acceptors (Lipinski definition) is 7. The van der Waals surface area contributed by atoms with Crippen LogP contribution in [-0.4, -0.2) is 23.4 Å². The van der Waals surface area contributed by atoms with Crippen molar-refractivity contribution < 1.29 is 22.4 Å². The van der Waals surface area contributed by atoms with E-state index < -0.39 is 19.2 Å². The zero-order valence-corrected chi connectivity index (χ0v) is 17.6. The molecule has 0 bridgehead atoms. The van der Waals surface area contributed by atoms with Crippen LogP contribution in [0.1, 0.15) is 25.2 Å². The van der Waals surface area contributed by atoms with Crippen LogP contribution in [0.5, 0.6) is 0 Å². The van der Waals surface area contributed by atoms with Crippen molar-refractivity contribution >= 4 is 24.1 Å². The smallest absolute Gasteiger partial charge is 0.342 e. The molecule has 3 aromatic rings. The molecule has 1 N–H and O–H groups in total. The summed E-state index contributed by atoms with van der Waals surface area (Å²) in [6.07, 6.45) is 0. The zero-order chi connectivity index (χ0) is 20.9. The predicted molar refractivity (Wildman–Crippen MR) is 109 cm³/mol. The van der Waals surface area contributed by atoms with Crippen LogP contribution in [0.3, 0.4) is 0 Å². The molecule has 154 valence electrons. The summed E-state index contributed by atoms with van der Waals surface area (Å²) in [5.41, 5.74) is 1.23. The second kappa shape index (κ2) is 9.54. The molecule has 0 aliphatic heterocycles. The molecule has 3 rings (SSSR count). The third kappa shape index (κ3) is 5.25. The normalized spacial score (nSPS) is 12.7. The van der Waals surface area contributed by atoms with Gasteiger partial charge in [-0.1, -0.05) is 23.5 Å². The third-order valence-electron chi connectivity index (χ3n) is 3.90. The highest BCUT2D eigenvalue weighted by Gasteiger charge is 2.37. The number of nitrogens with zero attached hydrogens (tertiary/aromatic N) is 2. The lowest BCUT2D eigenvalue weighted by Gasteiger charge is -2.27. The molecule has 0 aliphatic rings. The average molecular weight is 439 g/mol. The summed E-state index contributed by atoms with van der Waals surface area (Å²) in [7, 11) is -3.65. The first kappa shape index (κ1) is 21.5. The number of halogens is 2. The van der Waals surface area contributed by atoms with Crippen molar-refractivity contribution in [2.75, 3.05) is 18.5 Å². The Balaban J connectivity index is 1.93. The van der Waals surface area contributed by atoms with Gasteiger partial charge in [0.1, 0.15) is 16.6 Å². The van der Waals surface area contributed by atoms with Gasteiger partial charge in [-0.15, -0.1) is 10.2 Å². The van der Waals surface area contributed by atoms with Crippen molar-refractivity contribution in [3.8, 4) is 10.6 Å². The van der Waals surface area contributed by atoms with Gasteiger partial charge in [0.25, 0.3) is 0 Å². The summed E-state index contributed by atoms with van der Waals surface area (Å²) in [6.45, 7) is 3.77. The van der Waals surface area contributed by atoms with Gasteiger partial charge < -0.3 is 14.4 Å². The fourth-order valence-corrected chi connectivity index (χ4v) is 5.42. The zero-order valence-electron chi connectivity index (χ0n) is 15.8. The lowest BCUT2D eigenvalue weighted by molar-refractivity contribution is 0.214. The number of hydrogen-bond donors (Lipinski definition) is 1. The maximum atomic E-state index is 13.4. The topological polar surface area (TPSA) is 73.3 Å². The van der Waals surface area contributed by atoms with Gasteiger partial charge in [0.05, 0.1) is 13.2 Å². The lowest BCUT2D eigenvalue weighted by atomic mass is 10.2. The molecule has 0 amide bonds. The maximum absolute atomic E-state index is 13.4. The van der Waals surface area contributed by atoms with Crippen molar-refractivity contribution in [2.45, 2.75) is 19.6 Å². The Morgan fingerprint density at radius 2 is 1.52 bits per heavy atom. The van der Waals surface area contributed by atoms with Crippen LogP contribution in [0.25, 0.3) is 10.6 Å². The molecule has 2 aromatic carbocycles. The molecule has 0 fully saturated rings. The monoisotopic (exact) mass is 439 g/mol. The largest absolute Gasteiger partial charge is 0.357 e. The fraction of sp³-hybridized carbons (Fsp3) is 0.263. The van der Waals surface area contributed by atoms with Gasteiger partial charge in [0.2, 0.25) is 5.13 Å². The molecule has 1 atom stereocenters. The molecular formula is C19H20F2N3O3PS. The Morgan fingerprint density at radius 1 is 0.966 bits per heavy atom. The Hall–Kier alpha value is -2.19. The van der Waals surface area contributed by atoms with Crippen molar-refractivity contribution in [3.63, 3.8) is 0 Å². The maximum Gasteiger partial charge on any atom is 0.357 e. The van der Waals surface area contributed by atoms with Crippen LogP contribution < -0.4 is 5.32 Å². The summed E-state index contributed by atoms with van der Waals surface area (Å²) < 4.78 is 50.9. The lowest BCUT2D eigenvalue weighted by Crippen LogP contribution is -2.15. The van der Waals surface area contributed by atoms with E-state index in [0.717, 1.165) is 0 Å². The number of nitrogens with one attached hydrogen (secondary N) is 1. The molecule has 29 heavy (non-hydrogen) atoms. The summed E-state index contributed by atoms with van der Waals surface area (Å²) in [5.74, 6) is -1.66. The van der Waals surface area contributed by atoms with Gasteiger partial charge in [-0.2, -0.15) is 0 Å². The number of rotatable bonds is 9. The van der Waals surface area contributed by atoms with E-state index >= 15 is 0 Å². The van der Waals surface area contributed by atoms with E-state index in [-0.39, 0.29) is 19.0 Å². The van der Waals surface area contributed by atoms with Crippen molar-refractivity contribution in [2.24, 2.45) is 0 Å². The van der Waals surface area contributed by atoms with E-state index in [2.05, 4.69) is 15.5 Å². The molecule has 0 aliphatic carbocycles. The van der Waals surface area contributed by atoms with Gasteiger partial charge >= 0.3 is 7.60 Å². The van der Waals surface area contributed by atoms with E-state index in [9.17, 15) is 13.3 Å².